The molecule has 0 rings (SSSR count). The van der Waals surface area contributed by atoms with Crippen molar-refractivity contribution in [3.63, 3.8) is 0 Å². The molecule has 0 spiro atoms. The predicted molar refractivity (Wildman–Crippen MR) is 59.8 cm³/mol. The van der Waals surface area contributed by atoms with Crippen LogP contribution in [0.25, 0.3) is 0 Å². The molecule has 3 nitrogen and oxygen atoms in total. The second-order valence-electron chi connectivity index (χ2n) is 3.52. The van der Waals surface area contributed by atoms with E-state index >= 15 is 0 Å². The monoisotopic (exact) mass is 200 g/mol. The fraction of sp³-hybridized carbons (Fsp3) is 0.909. The molecule has 14 heavy (non-hydrogen) atoms. The maximum absolute atomic E-state index is 11.4. The Morgan fingerprint density at radius 3 is 2.21 bits per heavy atom. The van der Waals surface area contributed by atoms with E-state index in [4.69, 9.17) is 0 Å². The molecule has 0 radical (unpaired) electrons. The zero-order chi connectivity index (χ0) is 10.8. The van der Waals surface area contributed by atoms with Gasteiger partial charge in [-0.3, -0.25) is 10.2 Å². The fourth-order valence-electron chi connectivity index (χ4n) is 1.33. The molecule has 0 bridgehead atoms. The Bertz CT molecular complexity index is 144. The normalized spacial score (nSPS) is 10.6. The van der Waals surface area contributed by atoms with Crippen LogP contribution in [0.3, 0.4) is 0 Å². The van der Waals surface area contributed by atoms with Crippen molar-refractivity contribution in [2.45, 2.75) is 52.9 Å². The molecule has 3 heteroatoms. The quantitative estimate of drug-likeness (QED) is 0.482. The summed E-state index contributed by atoms with van der Waals surface area (Å²) in [5.74, 6) is 0.157. The molecule has 0 aliphatic heterocycles. The number of hydrazine groups is 1. The highest BCUT2D eigenvalue weighted by molar-refractivity contribution is 5.75. The van der Waals surface area contributed by atoms with Crippen LogP contribution in [0.4, 0.5) is 0 Å². The van der Waals surface area contributed by atoms with Crippen molar-refractivity contribution in [2.24, 2.45) is 0 Å². The summed E-state index contributed by atoms with van der Waals surface area (Å²) in [5.41, 5.74) is 2.89. The van der Waals surface area contributed by atoms with Gasteiger partial charge < -0.3 is 0 Å². The lowest BCUT2D eigenvalue weighted by molar-refractivity contribution is -0.125. The molecule has 1 N–H and O–H groups in total. The maximum Gasteiger partial charge on any atom is 0.234 e. The molecule has 1 amide bonds. The number of hydrogen-bond acceptors (Lipinski definition) is 2. The van der Waals surface area contributed by atoms with E-state index in [1.54, 1.807) is 0 Å². The molecule has 0 aliphatic rings. The molecule has 84 valence electrons. The summed E-state index contributed by atoms with van der Waals surface area (Å²) < 4.78 is 0. The lowest BCUT2D eigenvalue weighted by Crippen LogP contribution is -2.41. The second-order valence-corrected chi connectivity index (χ2v) is 3.52. The van der Waals surface area contributed by atoms with Crippen LogP contribution >= 0.6 is 0 Å². The third-order valence-corrected chi connectivity index (χ3v) is 2.30. The van der Waals surface area contributed by atoms with E-state index in [9.17, 15) is 4.79 Å². The van der Waals surface area contributed by atoms with Gasteiger partial charge in [-0.2, -0.15) is 0 Å². The molecule has 0 heterocycles. The highest BCUT2D eigenvalue weighted by Crippen LogP contribution is 2.02. The summed E-state index contributed by atoms with van der Waals surface area (Å²) in [6, 6.07) is 0. The van der Waals surface area contributed by atoms with Gasteiger partial charge in [-0.15, -0.1) is 0 Å². The topological polar surface area (TPSA) is 32.3 Å². The average Bonchev–Trinajstić information content (AvgIpc) is 2.21. The van der Waals surface area contributed by atoms with Gasteiger partial charge in [0.25, 0.3) is 0 Å². The van der Waals surface area contributed by atoms with E-state index in [1.807, 2.05) is 18.9 Å². The minimum atomic E-state index is 0.157. The minimum Gasteiger partial charge on any atom is -0.289 e. The van der Waals surface area contributed by atoms with Crippen LogP contribution in [-0.2, 0) is 4.79 Å². The largest absolute Gasteiger partial charge is 0.289 e. The molecule has 0 aliphatic carbocycles. The minimum absolute atomic E-state index is 0.157. The van der Waals surface area contributed by atoms with Crippen LogP contribution in [0.2, 0.25) is 0 Å². The maximum atomic E-state index is 11.4. The second kappa shape index (κ2) is 9.00. The van der Waals surface area contributed by atoms with Gasteiger partial charge in [0.05, 0.1) is 0 Å². The number of amides is 1. The van der Waals surface area contributed by atoms with Crippen molar-refractivity contribution in [3.8, 4) is 0 Å². The highest BCUT2D eigenvalue weighted by atomic mass is 16.2. The first-order chi connectivity index (χ1) is 6.74. The Morgan fingerprint density at radius 1 is 1.07 bits per heavy atom. The van der Waals surface area contributed by atoms with Crippen molar-refractivity contribution in [2.75, 3.05) is 13.1 Å². The first-order valence-corrected chi connectivity index (χ1v) is 5.79. The number of carbonyl (C=O) groups excluding carboxylic acids is 1. The SMILES string of the molecule is CCCCCCC(=O)NN(CC)CC. The lowest BCUT2D eigenvalue weighted by atomic mass is 10.1. The van der Waals surface area contributed by atoms with Crippen LogP contribution in [-0.4, -0.2) is 24.0 Å². The first-order valence-electron chi connectivity index (χ1n) is 5.79. The number of rotatable bonds is 8. The average molecular weight is 200 g/mol. The Labute approximate surface area is 87.8 Å². The smallest absolute Gasteiger partial charge is 0.234 e. The Hall–Kier alpha value is -0.570. The van der Waals surface area contributed by atoms with E-state index in [2.05, 4.69) is 12.3 Å². The van der Waals surface area contributed by atoms with E-state index < -0.39 is 0 Å². The van der Waals surface area contributed by atoms with E-state index in [1.165, 1.54) is 19.3 Å². The zero-order valence-corrected chi connectivity index (χ0v) is 9.81. The summed E-state index contributed by atoms with van der Waals surface area (Å²) in [5, 5.41) is 1.93. The number of nitrogens with one attached hydrogen (secondary N) is 1. The molecule has 0 aromatic heterocycles. The van der Waals surface area contributed by atoms with Gasteiger partial charge in [0.15, 0.2) is 0 Å². The number of carbonyl (C=O) groups is 1. The van der Waals surface area contributed by atoms with Gasteiger partial charge in [0.2, 0.25) is 5.91 Å². The Morgan fingerprint density at radius 2 is 1.71 bits per heavy atom. The standard InChI is InChI=1S/C11H24N2O/c1-4-7-8-9-10-11(14)12-13(5-2)6-3/h4-10H2,1-3H3,(H,12,14). The van der Waals surface area contributed by atoms with Crippen LogP contribution in [0.15, 0.2) is 0 Å². The van der Waals surface area contributed by atoms with E-state index in [0.29, 0.717) is 6.42 Å². The molecule has 0 aromatic rings. The summed E-state index contributed by atoms with van der Waals surface area (Å²) in [7, 11) is 0. The van der Waals surface area contributed by atoms with Gasteiger partial charge in [-0.25, -0.2) is 5.01 Å². The molecule has 0 atom stereocenters. The molecule has 0 aromatic carbocycles. The van der Waals surface area contributed by atoms with Gasteiger partial charge in [0, 0.05) is 19.5 Å². The summed E-state index contributed by atoms with van der Waals surface area (Å²) in [6.07, 6.45) is 5.30. The summed E-state index contributed by atoms with van der Waals surface area (Å²) in [6.45, 7) is 8.01. The molecule has 0 unspecified atom stereocenters. The van der Waals surface area contributed by atoms with Crippen molar-refractivity contribution in [1.29, 1.82) is 0 Å². The number of unbranched alkanes of at least 4 members (excludes halogenated alkanes) is 3. The third-order valence-electron chi connectivity index (χ3n) is 2.30. The number of nitrogens with zero attached hydrogens (tertiary/aromatic N) is 1. The number of hydrogen-bond donors (Lipinski definition) is 1. The van der Waals surface area contributed by atoms with Gasteiger partial charge in [-0.05, 0) is 6.42 Å². The summed E-state index contributed by atoms with van der Waals surface area (Å²) >= 11 is 0. The molecule has 0 saturated carbocycles. The molecular weight excluding hydrogens is 176 g/mol. The third kappa shape index (κ3) is 6.89. The van der Waals surface area contributed by atoms with Gasteiger partial charge >= 0.3 is 0 Å². The fourth-order valence-corrected chi connectivity index (χ4v) is 1.33. The van der Waals surface area contributed by atoms with Gasteiger partial charge in [0.1, 0.15) is 0 Å². The predicted octanol–water partition coefficient (Wildman–Crippen LogP) is 2.33. The van der Waals surface area contributed by atoms with Crippen LogP contribution < -0.4 is 5.43 Å². The van der Waals surface area contributed by atoms with Gasteiger partial charge in [-0.1, -0.05) is 40.0 Å². The van der Waals surface area contributed by atoms with Crippen LogP contribution in [0.1, 0.15) is 52.9 Å². The lowest BCUT2D eigenvalue weighted by Gasteiger charge is -2.19. The Balaban J connectivity index is 3.44. The first kappa shape index (κ1) is 13.4. The van der Waals surface area contributed by atoms with Crippen molar-refractivity contribution < 1.29 is 4.79 Å². The van der Waals surface area contributed by atoms with Crippen LogP contribution in [0, 0.1) is 0 Å². The van der Waals surface area contributed by atoms with Crippen molar-refractivity contribution >= 4 is 5.91 Å². The van der Waals surface area contributed by atoms with Crippen LogP contribution in [0.5, 0.6) is 0 Å². The molecule has 0 saturated heterocycles. The van der Waals surface area contributed by atoms with E-state index in [0.717, 1.165) is 19.5 Å². The Kier molecular flexibility index (Phi) is 8.64. The van der Waals surface area contributed by atoms with E-state index in [-0.39, 0.29) is 5.91 Å². The summed E-state index contributed by atoms with van der Waals surface area (Å²) in [4.78, 5) is 11.4. The zero-order valence-electron chi connectivity index (χ0n) is 9.81. The van der Waals surface area contributed by atoms with Crippen molar-refractivity contribution in [1.82, 2.24) is 10.4 Å². The molecular formula is C11H24N2O. The van der Waals surface area contributed by atoms with Crippen molar-refractivity contribution in [3.05, 3.63) is 0 Å². The molecule has 0 fully saturated rings. The highest BCUT2D eigenvalue weighted by Gasteiger charge is 2.04.